The van der Waals surface area contributed by atoms with E-state index in [1.807, 2.05) is 6.07 Å². The van der Waals surface area contributed by atoms with Gasteiger partial charge in [0.15, 0.2) is 0 Å². The third-order valence-electron chi connectivity index (χ3n) is 5.79. The summed E-state index contributed by atoms with van der Waals surface area (Å²) >= 11 is 5.65. The number of nitriles is 1. The molecule has 36 heavy (non-hydrogen) atoms. The highest BCUT2D eigenvalue weighted by Gasteiger charge is 2.33. The van der Waals surface area contributed by atoms with Gasteiger partial charge in [-0.3, -0.25) is 4.57 Å². The number of benzene rings is 2. The van der Waals surface area contributed by atoms with E-state index < -0.39 is 22.5 Å². The van der Waals surface area contributed by atoms with Gasteiger partial charge in [0.2, 0.25) is 5.88 Å². The zero-order valence-electron chi connectivity index (χ0n) is 19.3. The summed E-state index contributed by atoms with van der Waals surface area (Å²) in [5.41, 5.74) is -0.773. The molecule has 1 saturated heterocycles. The highest BCUT2D eigenvalue weighted by atomic mass is 35.5. The molecule has 0 amide bonds. The van der Waals surface area contributed by atoms with Gasteiger partial charge in [0.25, 0.3) is 0 Å². The first-order valence-corrected chi connectivity index (χ1v) is 11.6. The molecule has 188 valence electrons. The van der Waals surface area contributed by atoms with E-state index >= 15 is 0 Å². The van der Waals surface area contributed by atoms with Crippen molar-refractivity contribution in [3.05, 3.63) is 74.7 Å². The van der Waals surface area contributed by atoms with E-state index in [9.17, 15) is 23.2 Å². The SMILES string of the molecule is Cn1c(N2CCCCC2)cc(OCc2ccc(Oc3ccc(Cl)c(C(F)(F)F)c3)c(C#N)c2)nc1=O. The van der Waals surface area contributed by atoms with Crippen LogP contribution in [0.2, 0.25) is 5.02 Å². The monoisotopic (exact) mass is 518 g/mol. The summed E-state index contributed by atoms with van der Waals surface area (Å²) in [5, 5.41) is 9.10. The molecule has 3 aromatic rings. The molecule has 1 aliphatic rings. The lowest BCUT2D eigenvalue weighted by Gasteiger charge is -2.29. The van der Waals surface area contributed by atoms with Crippen molar-refractivity contribution in [1.29, 1.82) is 5.26 Å². The van der Waals surface area contributed by atoms with Crippen LogP contribution in [0.4, 0.5) is 19.0 Å². The van der Waals surface area contributed by atoms with Gasteiger partial charge in [-0.1, -0.05) is 17.7 Å². The fraction of sp³-hybridized carbons (Fsp3) is 0.320. The van der Waals surface area contributed by atoms with Crippen LogP contribution < -0.4 is 20.1 Å². The van der Waals surface area contributed by atoms with Gasteiger partial charge in [-0.25, -0.2) is 4.79 Å². The molecule has 1 aromatic heterocycles. The Bertz CT molecular complexity index is 1360. The Morgan fingerprint density at radius 3 is 2.56 bits per heavy atom. The van der Waals surface area contributed by atoms with Gasteiger partial charge >= 0.3 is 11.9 Å². The highest BCUT2D eigenvalue weighted by molar-refractivity contribution is 6.31. The second-order valence-electron chi connectivity index (χ2n) is 8.31. The topological polar surface area (TPSA) is 80.4 Å². The molecule has 0 saturated carbocycles. The number of aromatic nitrogens is 2. The minimum absolute atomic E-state index is 0.0216. The number of hydrogen-bond acceptors (Lipinski definition) is 6. The highest BCUT2D eigenvalue weighted by Crippen LogP contribution is 2.38. The molecule has 2 heterocycles. The van der Waals surface area contributed by atoms with E-state index in [-0.39, 0.29) is 29.5 Å². The number of hydrogen-bond donors (Lipinski definition) is 0. The second kappa shape index (κ2) is 10.5. The predicted octanol–water partition coefficient (Wildman–Crippen LogP) is 5.69. The standard InChI is InChI=1S/C25H22ClF3N4O3/c1-32-23(33-9-3-2-4-10-33)13-22(31-24(32)34)35-15-16-5-8-21(17(11-16)14-30)36-18-6-7-20(26)19(12-18)25(27,28)29/h5-8,11-13H,2-4,9-10,15H2,1H3. The van der Waals surface area contributed by atoms with Gasteiger partial charge in [-0.05, 0) is 55.2 Å². The van der Waals surface area contributed by atoms with E-state index in [2.05, 4.69) is 9.88 Å². The van der Waals surface area contributed by atoms with Crippen molar-refractivity contribution >= 4 is 17.4 Å². The third-order valence-corrected chi connectivity index (χ3v) is 6.12. The molecule has 0 spiro atoms. The molecule has 0 N–H and O–H groups in total. The van der Waals surface area contributed by atoms with E-state index in [4.69, 9.17) is 21.1 Å². The minimum Gasteiger partial charge on any atom is -0.473 e. The molecule has 7 nitrogen and oxygen atoms in total. The summed E-state index contributed by atoms with van der Waals surface area (Å²) in [4.78, 5) is 18.4. The molecule has 2 aromatic carbocycles. The minimum atomic E-state index is -4.64. The Kier molecular flexibility index (Phi) is 7.40. The van der Waals surface area contributed by atoms with Crippen LogP contribution >= 0.6 is 11.6 Å². The van der Waals surface area contributed by atoms with E-state index in [1.165, 1.54) is 22.8 Å². The van der Waals surface area contributed by atoms with Crippen LogP contribution in [0.1, 0.15) is 36.0 Å². The van der Waals surface area contributed by atoms with Gasteiger partial charge in [0.05, 0.1) is 16.1 Å². The molecule has 0 aliphatic carbocycles. The molecule has 0 bridgehead atoms. The van der Waals surface area contributed by atoms with Crippen molar-refractivity contribution in [3.63, 3.8) is 0 Å². The van der Waals surface area contributed by atoms with Crippen molar-refractivity contribution < 1.29 is 22.6 Å². The average Bonchev–Trinajstić information content (AvgIpc) is 2.86. The summed E-state index contributed by atoms with van der Waals surface area (Å²) in [6, 6.07) is 11.4. The fourth-order valence-corrected chi connectivity index (χ4v) is 4.14. The Hall–Kier alpha value is -3.71. The fourth-order valence-electron chi connectivity index (χ4n) is 3.92. The molecular weight excluding hydrogens is 497 g/mol. The molecule has 1 fully saturated rings. The first-order valence-electron chi connectivity index (χ1n) is 11.2. The van der Waals surface area contributed by atoms with Gasteiger partial charge in [-0.15, -0.1) is 0 Å². The summed E-state index contributed by atoms with van der Waals surface area (Å²) in [5.74, 6) is 0.864. The van der Waals surface area contributed by atoms with Crippen LogP contribution in [0.25, 0.3) is 0 Å². The number of halogens is 4. The molecule has 4 rings (SSSR count). The van der Waals surface area contributed by atoms with Crippen LogP contribution in [-0.4, -0.2) is 22.6 Å². The van der Waals surface area contributed by atoms with Crippen LogP contribution in [0.15, 0.2) is 47.3 Å². The van der Waals surface area contributed by atoms with Gasteiger partial charge in [0, 0.05) is 26.2 Å². The lowest BCUT2D eigenvalue weighted by molar-refractivity contribution is -0.137. The maximum absolute atomic E-state index is 13.1. The molecule has 11 heteroatoms. The largest absolute Gasteiger partial charge is 0.473 e. The summed E-state index contributed by atoms with van der Waals surface area (Å²) in [6.45, 7) is 1.72. The maximum atomic E-state index is 13.1. The Morgan fingerprint density at radius 2 is 1.86 bits per heavy atom. The Morgan fingerprint density at radius 1 is 1.11 bits per heavy atom. The summed E-state index contributed by atoms with van der Waals surface area (Å²) in [6.07, 6.45) is -1.39. The first kappa shape index (κ1) is 25.4. The van der Waals surface area contributed by atoms with Crippen LogP contribution in [0.5, 0.6) is 17.4 Å². The van der Waals surface area contributed by atoms with Crippen molar-refractivity contribution in [2.24, 2.45) is 7.05 Å². The zero-order valence-corrected chi connectivity index (χ0v) is 20.1. The van der Waals surface area contributed by atoms with Gasteiger partial charge in [0.1, 0.15) is 30.0 Å². The van der Waals surface area contributed by atoms with Gasteiger partial charge in [-0.2, -0.15) is 23.4 Å². The lowest BCUT2D eigenvalue weighted by Crippen LogP contribution is -2.35. The van der Waals surface area contributed by atoms with Crippen molar-refractivity contribution in [2.45, 2.75) is 32.0 Å². The number of rotatable bonds is 6. The Labute approximate surface area is 210 Å². The van der Waals surface area contributed by atoms with Crippen molar-refractivity contribution in [3.8, 4) is 23.4 Å². The third kappa shape index (κ3) is 5.74. The van der Waals surface area contributed by atoms with Crippen LogP contribution in [0.3, 0.4) is 0 Å². The van der Waals surface area contributed by atoms with Crippen molar-refractivity contribution in [1.82, 2.24) is 9.55 Å². The second-order valence-corrected chi connectivity index (χ2v) is 8.72. The molecule has 0 unspecified atom stereocenters. The molecule has 0 atom stereocenters. The number of nitrogens with zero attached hydrogens (tertiary/aromatic N) is 4. The Balaban J connectivity index is 1.50. The average molecular weight is 519 g/mol. The van der Waals surface area contributed by atoms with E-state index in [0.29, 0.717) is 5.56 Å². The molecule has 0 radical (unpaired) electrons. The number of alkyl halides is 3. The number of piperidine rings is 1. The van der Waals surface area contributed by atoms with Gasteiger partial charge < -0.3 is 14.4 Å². The van der Waals surface area contributed by atoms with E-state index in [1.54, 1.807) is 19.2 Å². The smallest absolute Gasteiger partial charge is 0.417 e. The quantitative estimate of drug-likeness (QED) is 0.417. The molecular formula is C25H22ClF3N4O3. The summed E-state index contributed by atoms with van der Waals surface area (Å²) in [7, 11) is 1.67. The van der Waals surface area contributed by atoms with Crippen molar-refractivity contribution in [2.75, 3.05) is 18.0 Å². The van der Waals surface area contributed by atoms with Crippen LogP contribution in [0, 0.1) is 11.3 Å². The number of ether oxygens (including phenoxy) is 2. The van der Waals surface area contributed by atoms with Crippen LogP contribution in [-0.2, 0) is 19.8 Å². The van der Waals surface area contributed by atoms with E-state index in [0.717, 1.165) is 50.3 Å². The predicted molar refractivity (Wildman–Crippen MR) is 128 cm³/mol. The number of anilines is 1. The summed E-state index contributed by atoms with van der Waals surface area (Å²) < 4.78 is 52.2. The zero-order chi connectivity index (χ0) is 25.9. The molecule has 1 aliphatic heterocycles. The maximum Gasteiger partial charge on any atom is 0.417 e. The normalized spacial score (nSPS) is 13.8. The first-order chi connectivity index (χ1) is 17.2. The lowest BCUT2D eigenvalue weighted by atomic mass is 10.1.